The third kappa shape index (κ3) is 2.75. The van der Waals surface area contributed by atoms with Crippen LogP contribution in [-0.4, -0.2) is 11.9 Å². The van der Waals surface area contributed by atoms with Crippen molar-refractivity contribution in [3.8, 4) is 0 Å². The lowest BCUT2D eigenvalue weighted by Crippen LogP contribution is -2.38. The van der Waals surface area contributed by atoms with Gasteiger partial charge in [-0.3, -0.25) is 4.79 Å². The number of nitrogens with two attached hydrogens (primary N) is 1. The molecule has 0 aromatic carbocycles. The highest BCUT2D eigenvalue weighted by Crippen LogP contribution is 2.26. The van der Waals surface area contributed by atoms with E-state index < -0.39 is 0 Å². The summed E-state index contributed by atoms with van der Waals surface area (Å²) >= 11 is 7.42. The van der Waals surface area contributed by atoms with Crippen molar-refractivity contribution in [2.24, 2.45) is 11.7 Å². The summed E-state index contributed by atoms with van der Waals surface area (Å²) in [6.45, 7) is 0.770. The van der Waals surface area contributed by atoms with Crippen molar-refractivity contribution in [3.05, 3.63) is 21.3 Å². The number of carbonyl (C=O) groups excluding carboxylic acids is 1. The highest BCUT2D eigenvalue weighted by molar-refractivity contribution is 7.16. The standard InChI is InChI=1S/C11H15ClN2OS/c12-10-5-4-7(16-10)6-14-9-3-1-2-8(9)11(13)15/h4-5,8-9,14H,1-3,6H2,(H2,13,15). The molecule has 1 aromatic heterocycles. The molecule has 3 nitrogen and oxygen atoms in total. The molecule has 0 spiro atoms. The lowest BCUT2D eigenvalue weighted by molar-refractivity contribution is -0.122. The average molecular weight is 259 g/mol. The Morgan fingerprint density at radius 3 is 3.00 bits per heavy atom. The van der Waals surface area contributed by atoms with Crippen molar-refractivity contribution in [3.63, 3.8) is 0 Å². The minimum Gasteiger partial charge on any atom is -0.369 e. The van der Waals surface area contributed by atoms with Crippen LogP contribution in [0.2, 0.25) is 4.34 Å². The Morgan fingerprint density at radius 1 is 1.56 bits per heavy atom. The van der Waals surface area contributed by atoms with E-state index in [0.29, 0.717) is 0 Å². The van der Waals surface area contributed by atoms with E-state index >= 15 is 0 Å². The molecule has 2 unspecified atom stereocenters. The summed E-state index contributed by atoms with van der Waals surface area (Å²) in [6.07, 6.45) is 3.03. The van der Waals surface area contributed by atoms with Gasteiger partial charge in [-0.2, -0.15) is 0 Å². The molecule has 1 heterocycles. The summed E-state index contributed by atoms with van der Waals surface area (Å²) in [7, 11) is 0. The van der Waals surface area contributed by atoms with Gasteiger partial charge < -0.3 is 11.1 Å². The third-order valence-electron chi connectivity index (χ3n) is 3.05. The van der Waals surface area contributed by atoms with Crippen LogP contribution in [0.5, 0.6) is 0 Å². The van der Waals surface area contributed by atoms with Gasteiger partial charge in [-0.05, 0) is 25.0 Å². The quantitative estimate of drug-likeness (QED) is 0.870. The molecule has 16 heavy (non-hydrogen) atoms. The van der Waals surface area contributed by atoms with E-state index in [2.05, 4.69) is 5.32 Å². The van der Waals surface area contributed by atoms with Gasteiger partial charge in [-0.1, -0.05) is 18.0 Å². The van der Waals surface area contributed by atoms with Crippen molar-refractivity contribution in [1.29, 1.82) is 0 Å². The van der Waals surface area contributed by atoms with E-state index in [0.717, 1.165) is 30.1 Å². The Hall–Kier alpha value is -0.580. The second-order valence-corrected chi connectivity index (χ2v) is 5.93. The zero-order valence-corrected chi connectivity index (χ0v) is 10.5. The van der Waals surface area contributed by atoms with Crippen LogP contribution in [0.1, 0.15) is 24.1 Å². The maximum Gasteiger partial charge on any atom is 0.222 e. The Bertz CT molecular complexity index is 380. The van der Waals surface area contributed by atoms with Crippen LogP contribution in [0.4, 0.5) is 0 Å². The first-order valence-electron chi connectivity index (χ1n) is 5.44. The summed E-state index contributed by atoms with van der Waals surface area (Å²) in [5.41, 5.74) is 5.36. The van der Waals surface area contributed by atoms with Gasteiger partial charge >= 0.3 is 0 Å². The summed E-state index contributed by atoms with van der Waals surface area (Å²) in [5, 5.41) is 3.39. The van der Waals surface area contributed by atoms with Crippen LogP contribution >= 0.6 is 22.9 Å². The molecule has 1 aliphatic carbocycles. The zero-order valence-electron chi connectivity index (χ0n) is 8.91. The van der Waals surface area contributed by atoms with Crippen LogP contribution in [0, 0.1) is 5.92 Å². The number of primary amides is 1. The van der Waals surface area contributed by atoms with Gasteiger partial charge in [0, 0.05) is 17.5 Å². The predicted octanol–water partition coefficient (Wildman–Crippen LogP) is 2.15. The number of hydrogen-bond acceptors (Lipinski definition) is 3. The normalized spacial score (nSPS) is 24.8. The summed E-state index contributed by atoms with van der Waals surface area (Å²) in [4.78, 5) is 12.4. The fourth-order valence-corrected chi connectivity index (χ4v) is 3.26. The van der Waals surface area contributed by atoms with Gasteiger partial charge in [-0.15, -0.1) is 11.3 Å². The fourth-order valence-electron chi connectivity index (χ4n) is 2.22. The molecule has 2 rings (SSSR count). The molecule has 0 bridgehead atoms. The number of halogens is 1. The molecule has 1 aliphatic rings. The third-order valence-corrected chi connectivity index (χ3v) is 4.28. The second kappa shape index (κ2) is 5.17. The number of amides is 1. The largest absolute Gasteiger partial charge is 0.369 e. The minimum absolute atomic E-state index is 0.00423. The van der Waals surface area contributed by atoms with Gasteiger partial charge in [0.25, 0.3) is 0 Å². The number of thiophene rings is 1. The molecule has 0 aliphatic heterocycles. The molecular formula is C11H15ClN2OS. The monoisotopic (exact) mass is 258 g/mol. The van der Waals surface area contributed by atoms with Crippen LogP contribution in [-0.2, 0) is 11.3 Å². The maximum atomic E-state index is 11.2. The van der Waals surface area contributed by atoms with E-state index in [9.17, 15) is 4.79 Å². The Labute approximate surface area is 104 Å². The van der Waals surface area contributed by atoms with Crippen molar-refractivity contribution >= 4 is 28.8 Å². The average Bonchev–Trinajstić information content (AvgIpc) is 2.83. The summed E-state index contributed by atoms with van der Waals surface area (Å²) in [5.74, 6) is -0.186. The van der Waals surface area contributed by atoms with Crippen molar-refractivity contribution in [1.82, 2.24) is 5.32 Å². The lowest BCUT2D eigenvalue weighted by Gasteiger charge is -2.17. The number of rotatable bonds is 4. The molecule has 3 N–H and O–H groups in total. The summed E-state index contributed by atoms with van der Waals surface area (Å²) < 4.78 is 0.801. The highest BCUT2D eigenvalue weighted by Gasteiger charge is 2.30. The number of carbonyl (C=O) groups is 1. The van der Waals surface area contributed by atoms with Gasteiger partial charge in [0.2, 0.25) is 5.91 Å². The molecule has 1 amide bonds. The molecule has 88 valence electrons. The first-order valence-corrected chi connectivity index (χ1v) is 6.63. The van der Waals surface area contributed by atoms with E-state index in [-0.39, 0.29) is 17.9 Å². The Morgan fingerprint density at radius 2 is 2.38 bits per heavy atom. The van der Waals surface area contributed by atoms with Gasteiger partial charge in [0.1, 0.15) is 0 Å². The minimum atomic E-state index is -0.181. The topological polar surface area (TPSA) is 55.1 Å². The van der Waals surface area contributed by atoms with Crippen molar-refractivity contribution in [2.75, 3.05) is 0 Å². The van der Waals surface area contributed by atoms with E-state index in [1.165, 1.54) is 4.88 Å². The molecule has 1 fully saturated rings. The van der Waals surface area contributed by atoms with Gasteiger partial charge in [-0.25, -0.2) is 0 Å². The SMILES string of the molecule is NC(=O)C1CCCC1NCc1ccc(Cl)s1. The van der Waals surface area contributed by atoms with Crippen LogP contribution < -0.4 is 11.1 Å². The molecule has 2 atom stereocenters. The smallest absolute Gasteiger partial charge is 0.222 e. The predicted molar refractivity (Wildman–Crippen MR) is 66.5 cm³/mol. The first-order chi connectivity index (χ1) is 7.66. The van der Waals surface area contributed by atoms with E-state index in [4.69, 9.17) is 17.3 Å². The van der Waals surface area contributed by atoms with Crippen molar-refractivity contribution in [2.45, 2.75) is 31.8 Å². The lowest BCUT2D eigenvalue weighted by atomic mass is 10.0. The summed E-state index contributed by atoms with van der Waals surface area (Å²) in [6, 6.07) is 4.14. The molecule has 5 heteroatoms. The molecule has 1 aromatic rings. The fraction of sp³-hybridized carbons (Fsp3) is 0.545. The van der Waals surface area contributed by atoms with Crippen LogP contribution in [0.25, 0.3) is 0 Å². The highest BCUT2D eigenvalue weighted by atomic mass is 35.5. The molecular weight excluding hydrogens is 244 g/mol. The second-order valence-electron chi connectivity index (χ2n) is 4.13. The van der Waals surface area contributed by atoms with E-state index in [1.807, 2.05) is 12.1 Å². The van der Waals surface area contributed by atoms with E-state index in [1.54, 1.807) is 11.3 Å². The molecule has 0 saturated heterocycles. The van der Waals surface area contributed by atoms with Gasteiger partial charge in [0.05, 0.1) is 10.3 Å². The number of nitrogens with one attached hydrogen (secondary N) is 1. The van der Waals surface area contributed by atoms with Crippen LogP contribution in [0.15, 0.2) is 12.1 Å². The maximum absolute atomic E-state index is 11.2. The number of hydrogen-bond donors (Lipinski definition) is 2. The Balaban J connectivity index is 1.87. The van der Waals surface area contributed by atoms with Gasteiger partial charge in [0.15, 0.2) is 0 Å². The first kappa shape index (κ1) is 11.9. The zero-order chi connectivity index (χ0) is 11.5. The van der Waals surface area contributed by atoms with Crippen molar-refractivity contribution < 1.29 is 4.79 Å². The van der Waals surface area contributed by atoms with Crippen LogP contribution in [0.3, 0.4) is 0 Å². The molecule has 0 radical (unpaired) electrons. The Kier molecular flexibility index (Phi) is 3.84. The molecule has 1 saturated carbocycles.